The summed E-state index contributed by atoms with van der Waals surface area (Å²) in [6.45, 7) is 9.26. The first-order chi connectivity index (χ1) is 15.1. The summed E-state index contributed by atoms with van der Waals surface area (Å²) in [5, 5.41) is 7.84. The number of carbonyl (C=O) groups is 1. The van der Waals surface area contributed by atoms with E-state index >= 15 is 0 Å². The predicted octanol–water partition coefficient (Wildman–Crippen LogP) is 4.26. The van der Waals surface area contributed by atoms with Gasteiger partial charge in [0, 0.05) is 30.9 Å². The SMILES string of the molecule is CCc1c(C(=O)NCCCN2CCCC[C@H]2C)cnc2c(-c3ccccc3)c(C)nn12. The van der Waals surface area contributed by atoms with Crippen LogP contribution in [0.4, 0.5) is 0 Å². The van der Waals surface area contributed by atoms with E-state index in [1.807, 2.05) is 29.6 Å². The Morgan fingerprint density at radius 2 is 2.03 bits per heavy atom. The molecule has 1 fully saturated rings. The molecule has 2 aromatic heterocycles. The Hall–Kier alpha value is -2.73. The Bertz CT molecular complexity index is 1040. The summed E-state index contributed by atoms with van der Waals surface area (Å²) in [6.07, 6.45) is 7.30. The summed E-state index contributed by atoms with van der Waals surface area (Å²) in [4.78, 5) is 20.1. The van der Waals surface area contributed by atoms with Crippen LogP contribution in [0.25, 0.3) is 16.8 Å². The van der Waals surface area contributed by atoms with Crippen LogP contribution >= 0.6 is 0 Å². The first-order valence-electron chi connectivity index (χ1n) is 11.5. The van der Waals surface area contributed by atoms with Gasteiger partial charge in [-0.25, -0.2) is 9.50 Å². The van der Waals surface area contributed by atoms with Crippen molar-refractivity contribution in [3.63, 3.8) is 0 Å². The second-order valence-corrected chi connectivity index (χ2v) is 8.52. The highest BCUT2D eigenvalue weighted by Gasteiger charge is 2.20. The molecule has 6 nitrogen and oxygen atoms in total. The van der Waals surface area contributed by atoms with Crippen molar-refractivity contribution in [2.75, 3.05) is 19.6 Å². The molecule has 1 aromatic carbocycles. The van der Waals surface area contributed by atoms with Crippen LogP contribution in [-0.2, 0) is 6.42 Å². The van der Waals surface area contributed by atoms with Gasteiger partial charge in [-0.15, -0.1) is 0 Å². The van der Waals surface area contributed by atoms with Gasteiger partial charge in [0.2, 0.25) is 0 Å². The summed E-state index contributed by atoms with van der Waals surface area (Å²) in [5.41, 5.74) is 5.35. The van der Waals surface area contributed by atoms with Crippen LogP contribution in [0, 0.1) is 6.92 Å². The average Bonchev–Trinajstić information content (AvgIpc) is 3.13. The minimum Gasteiger partial charge on any atom is -0.352 e. The summed E-state index contributed by atoms with van der Waals surface area (Å²) in [7, 11) is 0. The number of likely N-dealkylation sites (tertiary alicyclic amines) is 1. The smallest absolute Gasteiger partial charge is 0.254 e. The van der Waals surface area contributed by atoms with Crippen LogP contribution in [0.1, 0.15) is 61.3 Å². The highest BCUT2D eigenvalue weighted by molar-refractivity contribution is 5.95. The molecular formula is C25H33N5O. The third kappa shape index (κ3) is 4.49. The summed E-state index contributed by atoms with van der Waals surface area (Å²) in [6, 6.07) is 10.8. The molecule has 1 saturated heterocycles. The van der Waals surface area contributed by atoms with Gasteiger partial charge in [0.25, 0.3) is 5.91 Å². The zero-order valence-corrected chi connectivity index (χ0v) is 18.9. The van der Waals surface area contributed by atoms with Gasteiger partial charge in [-0.2, -0.15) is 5.10 Å². The van der Waals surface area contributed by atoms with Crippen LogP contribution in [0.15, 0.2) is 36.5 Å². The average molecular weight is 420 g/mol. The van der Waals surface area contributed by atoms with Gasteiger partial charge in [-0.1, -0.05) is 43.7 Å². The van der Waals surface area contributed by atoms with Crippen molar-refractivity contribution in [1.29, 1.82) is 0 Å². The van der Waals surface area contributed by atoms with E-state index in [4.69, 9.17) is 5.10 Å². The molecule has 6 heteroatoms. The minimum absolute atomic E-state index is 0.0626. The van der Waals surface area contributed by atoms with E-state index in [-0.39, 0.29) is 5.91 Å². The summed E-state index contributed by atoms with van der Waals surface area (Å²) in [5.74, 6) is -0.0626. The first-order valence-corrected chi connectivity index (χ1v) is 11.5. The molecule has 1 amide bonds. The van der Waals surface area contributed by atoms with Crippen molar-refractivity contribution in [3.05, 3.63) is 53.5 Å². The standard InChI is InChI=1S/C25H33N5O/c1-4-22-21(25(31)26-14-10-16-29-15-9-8-11-18(29)2)17-27-24-23(19(3)28-30(22)24)20-12-6-5-7-13-20/h5-7,12-13,17-18H,4,8-11,14-16H2,1-3H3,(H,26,31)/t18-/m1/s1. The number of aromatic nitrogens is 3. The number of nitrogens with zero attached hydrogens (tertiary/aromatic N) is 4. The van der Waals surface area contributed by atoms with Gasteiger partial charge >= 0.3 is 0 Å². The number of amides is 1. The highest BCUT2D eigenvalue weighted by Crippen LogP contribution is 2.28. The summed E-state index contributed by atoms with van der Waals surface area (Å²) >= 11 is 0. The maximum atomic E-state index is 12.9. The van der Waals surface area contributed by atoms with Gasteiger partial charge in [0.1, 0.15) is 0 Å². The molecule has 0 saturated carbocycles. The fourth-order valence-corrected chi connectivity index (χ4v) is 4.68. The molecule has 1 aliphatic rings. The number of benzene rings is 1. The second-order valence-electron chi connectivity index (χ2n) is 8.52. The Morgan fingerprint density at radius 1 is 1.23 bits per heavy atom. The van der Waals surface area contributed by atoms with E-state index in [0.29, 0.717) is 24.6 Å². The molecule has 3 aromatic rings. The van der Waals surface area contributed by atoms with Gasteiger partial charge in [0.05, 0.1) is 17.0 Å². The Morgan fingerprint density at radius 3 is 2.77 bits per heavy atom. The Kier molecular flexibility index (Phi) is 6.66. The Balaban J connectivity index is 1.49. The topological polar surface area (TPSA) is 62.5 Å². The molecule has 164 valence electrons. The first kappa shape index (κ1) is 21.5. The highest BCUT2D eigenvalue weighted by atomic mass is 16.1. The molecule has 1 N–H and O–H groups in total. The van der Waals surface area contributed by atoms with Crippen LogP contribution in [0.2, 0.25) is 0 Å². The molecule has 0 spiro atoms. The van der Waals surface area contributed by atoms with E-state index in [9.17, 15) is 4.79 Å². The van der Waals surface area contributed by atoms with Crippen LogP contribution in [-0.4, -0.2) is 51.1 Å². The normalized spacial score (nSPS) is 17.2. The van der Waals surface area contributed by atoms with E-state index in [1.54, 1.807) is 6.20 Å². The molecule has 0 aliphatic carbocycles. The molecule has 0 unspecified atom stereocenters. The molecular weight excluding hydrogens is 386 g/mol. The van der Waals surface area contributed by atoms with Crippen molar-refractivity contribution in [1.82, 2.24) is 24.8 Å². The van der Waals surface area contributed by atoms with Gasteiger partial charge in [-0.3, -0.25) is 4.79 Å². The number of hydrogen-bond donors (Lipinski definition) is 1. The molecule has 31 heavy (non-hydrogen) atoms. The number of carbonyl (C=O) groups excluding carboxylic acids is 1. The molecule has 0 radical (unpaired) electrons. The number of fused-ring (bicyclic) bond motifs is 1. The largest absolute Gasteiger partial charge is 0.352 e. The molecule has 4 rings (SSSR count). The van der Waals surface area contributed by atoms with E-state index < -0.39 is 0 Å². The van der Waals surface area contributed by atoms with Gasteiger partial charge in [0.15, 0.2) is 5.65 Å². The zero-order valence-electron chi connectivity index (χ0n) is 18.9. The molecule has 0 bridgehead atoms. The maximum absolute atomic E-state index is 12.9. The van der Waals surface area contributed by atoms with Crippen molar-refractivity contribution in [3.8, 4) is 11.1 Å². The number of aryl methyl sites for hydroxylation is 2. The minimum atomic E-state index is -0.0626. The lowest BCUT2D eigenvalue weighted by Crippen LogP contribution is -2.39. The van der Waals surface area contributed by atoms with E-state index in [1.165, 1.54) is 25.8 Å². The van der Waals surface area contributed by atoms with Crippen molar-refractivity contribution in [2.45, 2.75) is 58.9 Å². The monoisotopic (exact) mass is 419 g/mol. The summed E-state index contributed by atoms with van der Waals surface area (Å²) < 4.78 is 1.85. The zero-order chi connectivity index (χ0) is 21.8. The number of piperidine rings is 1. The number of hydrogen-bond acceptors (Lipinski definition) is 4. The lowest BCUT2D eigenvalue weighted by atomic mass is 10.0. The van der Waals surface area contributed by atoms with Crippen LogP contribution < -0.4 is 5.32 Å². The van der Waals surface area contributed by atoms with Crippen molar-refractivity contribution in [2.24, 2.45) is 0 Å². The van der Waals surface area contributed by atoms with Gasteiger partial charge in [-0.05, 0) is 51.6 Å². The third-order valence-corrected chi connectivity index (χ3v) is 6.41. The quantitative estimate of drug-likeness (QED) is 0.581. The van der Waals surface area contributed by atoms with E-state index in [2.05, 4.69) is 41.2 Å². The fraction of sp³-hybridized carbons (Fsp3) is 0.480. The fourth-order valence-electron chi connectivity index (χ4n) is 4.68. The second kappa shape index (κ2) is 9.60. The number of rotatable bonds is 7. The maximum Gasteiger partial charge on any atom is 0.254 e. The lowest BCUT2D eigenvalue weighted by Gasteiger charge is -2.33. The molecule has 1 aliphatic heterocycles. The predicted molar refractivity (Wildman–Crippen MR) is 124 cm³/mol. The lowest BCUT2D eigenvalue weighted by molar-refractivity contribution is 0.0947. The Labute approximate surface area is 184 Å². The van der Waals surface area contributed by atoms with Crippen molar-refractivity contribution >= 4 is 11.6 Å². The van der Waals surface area contributed by atoms with Crippen LogP contribution in [0.5, 0.6) is 0 Å². The molecule has 3 heterocycles. The van der Waals surface area contributed by atoms with Gasteiger partial charge < -0.3 is 10.2 Å². The number of nitrogens with one attached hydrogen (secondary N) is 1. The van der Waals surface area contributed by atoms with Crippen molar-refractivity contribution < 1.29 is 4.79 Å². The van der Waals surface area contributed by atoms with Crippen LogP contribution in [0.3, 0.4) is 0 Å². The molecule has 1 atom stereocenters. The third-order valence-electron chi connectivity index (χ3n) is 6.41. The van der Waals surface area contributed by atoms with E-state index in [0.717, 1.165) is 41.1 Å².